The largest absolute Gasteiger partial charge is 0.330 e. The molecule has 2 N–H and O–H groups in total. The Balaban J connectivity index is 1.63. The molecule has 0 amide bonds. The van der Waals surface area contributed by atoms with E-state index in [0.29, 0.717) is 16.6 Å². The Labute approximate surface area is 141 Å². The number of allylic oxidation sites excluding steroid dienone is 1. The van der Waals surface area contributed by atoms with E-state index < -0.39 is 0 Å². The van der Waals surface area contributed by atoms with E-state index in [9.17, 15) is 4.79 Å². The summed E-state index contributed by atoms with van der Waals surface area (Å²) >= 11 is 0. The molecule has 0 aromatic heterocycles. The molecule has 0 aromatic rings. The first-order valence-corrected chi connectivity index (χ1v) is 9.93. The Morgan fingerprint density at radius 2 is 1.91 bits per heavy atom. The molecule has 2 heteroatoms. The van der Waals surface area contributed by atoms with Gasteiger partial charge in [0.05, 0.1) is 0 Å². The fourth-order valence-electron chi connectivity index (χ4n) is 7.34. The molecular weight excluding hydrogens is 282 g/mol. The molecule has 4 aliphatic carbocycles. The van der Waals surface area contributed by atoms with Crippen LogP contribution in [0.1, 0.15) is 71.6 Å². The van der Waals surface area contributed by atoms with Crippen LogP contribution in [0.4, 0.5) is 0 Å². The van der Waals surface area contributed by atoms with Crippen molar-refractivity contribution in [2.75, 3.05) is 6.54 Å². The van der Waals surface area contributed by atoms with Crippen molar-refractivity contribution in [3.63, 3.8) is 0 Å². The summed E-state index contributed by atoms with van der Waals surface area (Å²) in [6, 6.07) is 0. The number of rotatable bonds is 2. The minimum Gasteiger partial charge on any atom is -0.330 e. The summed E-state index contributed by atoms with van der Waals surface area (Å²) < 4.78 is 0. The highest BCUT2D eigenvalue weighted by Gasteiger charge is 2.58. The number of fused-ring (bicyclic) bond motifs is 5. The first-order valence-electron chi connectivity index (χ1n) is 9.93. The van der Waals surface area contributed by atoms with Gasteiger partial charge in [-0.25, -0.2) is 0 Å². The summed E-state index contributed by atoms with van der Waals surface area (Å²) in [5.41, 5.74) is 8.27. The Kier molecular flexibility index (Phi) is 3.75. The second-order valence-corrected chi connectivity index (χ2v) is 9.36. The first kappa shape index (κ1) is 15.9. The highest BCUT2D eigenvalue weighted by Crippen LogP contribution is 2.66. The van der Waals surface area contributed by atoms with Crippen LogP contribution >= 0.6 is 0 Å². The van der Waals surface area contributed by atoms with Gasteiger partial charge < -0.3 is 5.73 Å². The van der Waals surface area contributed by atoms with Crippen LogP contribution in [0.3, 0.4) is 0 Å². The van der Waals surface area contributed by atoms with Gasteiger partial charge in [-0.15, -0.1) is 0 Å². The smallest absolute Gasteiger partial charge is 0.155 e. The summed E-state index contributed by atoms with van der Waals surface area (Å²) in [5, 5.41) is 0. The maximum absolute atomic E-state index is 11.9. The lowest BCUT2D eigenvalue weighted by molar-refractivity contribution is -0.117. The Hall–Kier alpha value is -0.630. The van der Waals surface area contributed by atoms with Gasteiger partial charge in [-0.2, -0.15) is 0 Å². The van der Waals surface area contributed by atoms with Crippen molar-refractivity contribution in [2.45, 2.75) is 71.6 Å². The van der Waals surface area contributed by atoms with E-state index in [0.717, 1.165) is 43.1 Å². The lowest BCUT2D eigenvalue weighted by Gasteiger charge is -2.58. The van der Waals surface area contributed by atoms with E-state index in [1.165, 1.54) is 50.5 Å². The zero-order valence-electron chi connectivity index (χ0n) is 14.9. The molecule has 0 radical (unpaired) electrons. The zero-order valence-corrected chi connectivity index (χ0v) is 14.9. The monoisotopic (exact) mass is 315 g/mol. The third-order valence-electron chi connectivity index (χ3n) is 8.67. The summed E-state index contributed by atoms with van der Waals surface area (Å²) in [5.74, 6) is 3.86. The van der Waals surface area contributed by atoms with Crippen molar-refractivity contribution in [2.24, 2.45) is 40.2 Å². The van der Waals surface area contributed by atoms with Gasteiger partial charge in [-0.3, -0.25) is 4.79 Å². The van der Waals surface area contributed by atoms with Gasteiger partial charge in [0.2, 0.25) is 0 Å². The zero-order chi connectivity index (χ0) is 16.2. The number of nitrogens with two attached hydrogens (primary N) is 1. The van der Waals surface area contributed by atoms with Crippen LogP contribution in [0.2, 0.25) is 0 Å². The molecule has 0 bridgehead atoms. The molecule has 4 aliphatic rings. The van der Waals surface area contributed by atoms with Gasteiger partial charge in [0.1, 0.15) is 0 Å². The minimum absolute atomic E-state index is 0.324. The molecule has 3 fully saturated rings. The topological polar surface area (TPSA) is 43.1 Å². The van der Waals surface area contributed by atoms with Crippen molar-refractivity contribution in [3.8, 4) is 0 Å². The van der Waals surface area contributed by atoms with E-state index in [-0.39, 0.29) is 0 Å². The van der Waals surface area contributed by atoms with Crippen LogP contribution in [0.25, 0.3) is 0 Å². The molecule has 6 unspecified atom stereocenters. The second kappa shape index (κ2) is 5.44. The van der Waals surface area contributed by atoms with Crippen LogP contribution in [0.5, 0.6) is 0 Å². The molecule has 0 heterocycles. The standard InChI is InChI=1S/C21H33NO/c1-20-11-8-19-17(18(20)6-4-14(20)9-12-22)5-3-15-13-16(23)7-10-21(15,19)2/h13-14,17-19H,3-12,22H2,1-2H3. The Bertz CT molecular complexity index is 538. The van der Waals surface area contributed by atoms with E-state index in [2.05, 4.69) is 13.8 Å². The number of carbonyl (C=O) groups is 1. The number of hydrogen-bond donors (Lipinski definition) is 1. The van der Waals surface area contributed by atoms with Gasteiger partial charge in [-0.1, -0.05) is 19.4 Å². The quantitative estimate of drug-likeness (QED) is 0.816. The highest BCUT2D eigenvalue weighted by atomic mass is 16.1. The lowest BCUT2D eigenvalue weighted by Crippen LogP contribution is -2.50. The van der Waals surface area contributed by atoms with Crippen LogP contribution in [0.15, 0.2) is 11.6 Å². The summed E-state index contributed by atoms with van der Waals surface area (Å²) in [6.45, 7) is 5.92. The predicted molar refractivity (Wildman–Crippen MR) is 93.9 cm³/mol. The molecular formula is C21H33NO. The second-order valence-electron chi connectivity index (χ2n) is 9.36. The minimum atomic E-state index is 0.324. The highest BCUT2D eigenvalue weighted by molar-refractivity contribution is 5.91. The predicted octanol–water partition coefficient (Wildman–Crippen LogP) is 4.48. The molecule has 0 saturated heterocycles. The fraction of sp³-hybridized carbons (Fsp3) is 0.857. The van der Waals surface area contributed by atoms with Crippen LogP contribution in [-0.4, -0.2) is 12.3 Å². The van der Waals surface area contributed by atoms with Crippen molar-refractivity contribution in [1.29, 1.82) is 0 Å². The maximum Gasteiger partial charge on any atom is 0.155 e. The maximum atomic E-state index is 11.9. The molecule has 0 spiro atoms. The van der Waals surface area contributed by atoms with Crippen molar-refractivity contribution in [3.05, 3.63) is 11.6 Å². The normalized spacial score (nSPS) is 49.2. The molecule has 3 saturated carbocycles. The summed E-state index contributed by atoms with van der Waals surface area (Å²) in [6.07, 6.45) is 13.2. The lowest BCUT2D eigenvalue weighted by atomic mass is 9.47. The fourth-order valence-corrected chi connectivity index (χ4v) is 7.34. The molecule has 6 atom stereocenters. The Morgan fingerprint density at radius 1 is 1.09 bits per heavy atom. The van der Waals surface area contributed by atoms with Gasteiger partial charge in [-0.05, 0) is 98.5 Å². The van der Waals surface area contributed by atoms with Gasteiger partial charge in [0.15, 0.2) is 5.78 Å². The van der Waals surface area contributed by atoms with Crippen molar-refractivity contribution < 1.29 is 4.79 Å². The average Bonchev–Trinajstić information content (AvgIpc) is 2.85. The first-order chi connectivity index (χ1) is 11.0. The number of hydrogen-bond acceptors (Lipinski definition) is 2. The molecule has 0 aliphatic heterocycles. The van der Waals surface area contributed by atoms with E-state index in [1.54, 1.807) is 0 Å². The summed E-state index contributed by atoms with van der Waals surface area (Å²) in [7, 11) is 0. The van der Waals surface area contributed by atoms with Gasteiger partial charge >= 0.3 is 0 Å². The van der Waals surface area contributed by atoms with Crippen LogP contribution in [0, 0.1) is 34.5 Å². The van der Waals surface area contributed by atoms with E-state index in [4.69, 9.17) is 5.73 Å². The molecule has 0 aromatic carbocycles. The van der Waals surface area contributed by atoms with Crippen LogP contribution in [-0.2, 0) is 4.79 Å². The number of ketones is 1. The van der Waals surface area contributed by atoms with Crippen molar-refractivity contribution in [1.82, 2.24) is 0 Å². The van der Waals surface area contributed by atoms with E-state index in [1.807, 2.05) is 6.08 Å². The van der Waals surface area contributed by atoms with Crippen molar-refractivity contribution >= 4 is 5.78 Å². The molecule has 2 nitrogen and oxygen atoms in total. The van der Waals surface area contributed by atoms with Gasteiger partial charge in [0.25, 0.3) is 0 Å². The Morgan fingerprint density at radius 3 is 2.70 bits per heavy atom. The molecule has 128 valence electrons. The third-order valence-corrected chi connectivity index (χ3v) is 8.67. The average molecular weight is 316 g/mol. The van der Waals surface area contributed by atoms with Gasteiger partial charge in [0, 0.05) is 6.42 Å². The van der Waals surface area contributed by atoms with Crippen LogP contribution < -0.4 is 5.73 Å². The molecule has 23 heavy (non-hydrogen) atoms. The molecule has 4 rings (SSSR count). The summed E-state index contributed by atoms with van der Waals surface area (Å²) in [4.78, 5) is 11.9. The number of carbonyl (C=O) groups excluding carboxylic acids is 1. The SMILES string of the molecule is CC12CCC(=O)C=C1CCC1C2CCC2(C)C(CCN)CCC12. The third kappa shape index (κ3) is 2.20. The van der Waals surface area contributed by atoms with E-state index >= 15 is 0 Å².